The number of ether oxygens (including phenoxy) is 1. The summed E-state index contributed by atoms with van der Waals surface area (Å²) in [5.41, 5.74) is 0.762. The second-order valence-electron chi connectivity index (χ2n) is 7.87. The van der Waals surface area contributed by atoms with Gasteiger partial charge in [-0.2, -0.15) is 0 Å². The van der Waals surface area contributed by atoms with Crippen molar-refractivity contribution >= 4 is 29.2 Å². The Kier molecular flexibility index (Phi) is 4.75. The van der Waals surface area contributed by atoms with Gasteiger partial charge in [0.15, 0.2) is 5.82 Å². The first-order valence-electron chi connectivity index (χ1n) is 10.4. The van der Waals surface area contributed by atoms with E-state index in [1.54, 1.807) is 24.3 Å². The SMILES string of the molecule is CNc1nc(CO)nc2c1C1(CCCC1)C(=O)N2c1cnc(N2CCOCC2)nc1. The van der Waals surface area contributed by atoms with Gasteiger partial charge < -0.3 is 20.1 Å². The number of morpholine rings is 1. The highest BCUT2D eigenvalue weighted by Crippen LogP contribution is 2.54. The van der Waals surface area contributed by atoms with Crippen LogP contribution in [0.2, 0.25) is 0 Å². The molecule has 10 heteroatoms. The molecule has 3 aliphatic rings. The van der Waals surface area contributed by atoms with Gasteiger partial charge in [0.2, 0.25) is 11.9 Å². The summed E-state index contributed by atoms with van der Waals surface area (Å²) >= 11 is 0. The van der Waals surface area contributed by atoms with Crippen LogP contribution in [0, 0.1) is 0 Å². The molecule has 0 aromatic carbocycles. The average Bonchev–Trinajstić information content (AvgIpc) is 3.38. The van der Waals surface area contributed by atoms with Crippen molar-refractivity contribution in [3.05, 3.63) is 23.8 Å². The van der Waals surface area contributed by atoms with Crippen molar-refractivity contribution in [1.82, 2.24) is 19.9 Å². The number of nitrogens with one attached hydrogen (secondary N) is 1. The number of aromatic nitrogens is 4. The molecule has 1 aliphatic carbocycles. The van der Waals surface area contributed by atoms with Crippen LogP contribution in [0.4, 0.5) is 23.3 Å². The predicted octanol–water partition coefficient (Wildman–Crippen LogP) is 1.13. The smallest absolute Gasteiger partial charge is 0.243 e. The van der Waals surface area contributed by atoms with E-state index in [0.717, 1.165) is 44.3 Å². The lowest BCUT2D eigenvalue weighted by atomic mass is 9.80. The number of rotatable bonds is 4. The van der Waals surface area contributed by atoms with E-state index in [0.29, 0.717) is 36.5 Å². The number of carbonyl (C=O) groups excluding carboxylic acids is 1. The molecule has 0 atom stereocenters. The molecule has 2 aliphatic heterocycles. The van der Waals surface area contributed by atoms with Crippen LogP contribution in [0.25, 0.3) is 0 Å². The Morgan fingerprint density at radius 2 is 1.87 bits per heavy atom. The molecule has 1 amide bonds. The molecule has 2 N–H and O–H groups in total. The van der Waals surface area contributed by atoms with E-state index < -0.39 is 5.41 Å². The van der Waals surface area contributed by atoms with Crippen LogP contribution < -0.4 is 15.1 Å². The van der Waals surface area contributed by atoms with Crippen molar-refractivity contribution in [2.75, 3.05) is 48.5 Å². The molecular formula is C20H25N7O3. The van der Waals surface area contributed by atoms with Gasteiger partial charge in [0, 0.05) is 20.1 Å². The fourth-order valence-corrected chi connectivity index (χ4v) is 4.80. The zero-order valence-electron chi connectivity index (χ0n) is 17.0. The standard InChI is InChI=1S/C20H25N7O3/c1-21-16-15-17(25-14(12-28)24-16)27(18(29)20(15)4-2-3-5-20)13-10-22-19(23-11-13)26-6-8-30-9-7-26/h10-11,28H,2-9,12H2,1H3,(H,21,24,25). The maximum atomic E-state index is 13.7. The molecule has 30 heavy (non-hydrogen) atoms. The molecule has 1 saturated carbocycles. The lowest BCUT2D eigenvalue weighted by Crippen LogP contribution is -2.38. The fourth-order valence-electron chi connectivity index (χ4n) is 4.80. The average molecular weight is 411 g/mol. The number of aliphatic hydroxyl groups excluding tert-OH is 1. The summed E-state index contributed by atoms with van der Waals surface area (Å²) in [5.74, 6) is 2.01. The number of fused-ring (bicyclic) bond motifs is 2. The predicted molar refractivity (Wildman–Crippen MR) is 110 cm³/mol. The zero-order valence-corrected chi connectivity index (χ0v) is 17.0. The second kappa shape index (κ2) is 7.44. The van der Waals surface area contributed by atoms with Gasteiger partial charge in [-0.05, 0) is 12.8 Å². The third-order valence-corrected chi connectivity index (χ3v) is 6.25. The molecule has 158 valence electrons. The van der Waals surface area contributed by atoms with Gasteiger partial charge in [-0.15, -0.1) is 0 Å². The van der Waals surface area contributed by atoms with E-state index >= 15 is 0 Å². The maximum Gasteiger partial charge on any atom is 0.243 e. The van der Waals surface area contributed by atoms with Gasteiger partial charge in [0.1, 0.15) is 18.2 Å². The van der Waals surface area contributed by atoms with Gasteiger partial charge in [-0.25, -0.2) is 19.9 Å². The Labute approximate surface area is 174 Å². The monoisotopic (exact) mass is 411 g/mol. The first-order valence-corrected chi connectivity index (χ1v) is 10.4. The summed E-state index contributed by atoms with van der Waals surface area (Å²) in [7, 11) is 1.78. The number of carbonyl (C=O) groups is 1. The summed E-state index contributed by atoms with van der Waals surface area (Å²) in [6, 6.07) is 0. The molecule has 0 radical (unpaired) electrons. The lowest BCUT2D eigenvalue weighted by molar-refractivity contribution is -0.122. The van der Waals surface area contributed by atoms with Crippen LogP contribution in [0.15, 0.2) is 12.4 Å². The molecule has 1 saturated heterocycles. The highest BCUT2D eigenvalue weighted by molar-refractivity contribution is 6.13. The number of nitrogens with zero attached hydrogens (tertiary/aromatic N) is 6. The molecule has 0 unspecified atom stereocenters. The summed E-state index contributed by atoms with van der Waals surface area (Å²) in [6.07, 6.45) is 6.84. The zero-order chi connectivity index (χ0) is 20.7. The Morgan fingerprint density at radius 1 is 1.17 bits per heavy atom. The highest BCUT2D eigenvalue weighted by atomic mass is 16.5. The van der Waals surface area contributed by atoms with Crippen molar-refractivity contribution in [3.63, 3.8) is 0 Å². The third-order valence-electron chi connectivity index (χ3n) is 6.25. The van der Waals surface area contributed by atoms with Gasteiger partial charge in [0.25, 0.3) is 0 Å². The third kappa shape index (κ3) is 2.82. The van der Waals surface area contributed by atoms with Gasteiger partial charge in [-0.1, -0.05) is 12.8 Å². The second-order valence-corrected chi connectivity index (χ2v) is 7.87. The van der Waals surface area contributed by atoms with Gasteiger partial charge in [0.05, 0.1) is 42.3 Å². The minimum Gasteiger partial charge on any atom is -0.388 e. The molecule has 10 nitrogen and oxygen atoms in total. The van der Waals surface area contributed by atoms with Crippen molar-refractivity contribution in [2.45, 2.75) is 37.7 Å². The molecule has 2 aromatic rings. The van der Waals surface area contributed by atoms with E-state index in [1.165, 1.54) is 0 Å². The molecule has 5 rings (SSSR count). The van der Waals surface area contributed by atoms with E-state index in [2.05, 4.69) is 30.2 Å². The quantitative estimate of drug-likeness (QED) is 0.763. The number of hydrogen-bond donors (Lipinski definition) is 2. The Balaban J connectivity index is 1.58. The van der Waals surface area contributed by atoms with E-state index in [4.69, 9.17) is 4.74 Å². The van der Waals surface area contributed by atoms with Gasteiger partial charge >= 0.3 is 0 Å². The summed E-state index contributed by atoms with van der Waals surface area (Å²) < 4.78 is 5.39. The Hall–Kier alpha value is -2.85. The minimum atomic E-state index is -0.634. The molecule has 2 aromatic heterocycles. The van der Waals surface area contributed by atoms with Crippen molar-refractivity contribution in [2.24, 2.45) is 0 Å². The molecule has 4 heterocycles. The molecule has 1 spiro atoms. The minimum absolute atomic E-state index is 0.0152. The van der Waals surface area contributed by atoms with Gasteiger partial charge in [-0.3, -0.25) is 9.69 Å². The topological polar surface area (TPSA) is 117 Å². The number of aliphatic hydroxyl groups is 1. The highest BCUT2D eigenvalue weighted by Gasteiger charge is 2.55. The van der Waals surface area contributed by atoms with E-state index in [9.17, 15) is 9.90 Å². The van der Waals surface area contributed by atoms with Crippen molar-refractivity contribution in [3.8, 4) is 0 Å². The first-order chi connectivity index (χ1) is 14.7. The van der Waals surface area contributed by atoms with Crippen LogP contribution in [0.5, 0.6) is 0 Å². The normalized spacial score (nSPS) is 20.1. The van der Waals surface area contributed by atoms with E-state index in [1.807, 2.05) is 0 Å². The summed E-state index contributed by atoms with van der Waals surface area (Å²) in [6.45, 7) is 2.49. The van der Waals surface area contributed by atoms with Crippen molar-refractivity contribution in [1.29, 1.82) is 0 Å². The number of anilines is 4. The van der Waals surface area contributed by atoms with Crippen LogP contribution >= 0.6 is 0 Å². The maximum absolute atomic E-state index is 13.7. The van der Waals surface area contributed by atoms with Crippen LogP contribution in [0.1, 0.15) is 37.1 Å². The summed E-state index contributed by atoms with van der Waals surface area (Å²) in [4.78, 5) is 35.4. The van der Waals surface area contributed by atoms with Crippen LogP contribution in [-0.4, -0.2) is 64.3 Å². The number of amides is 1. The lowest BCUT2D eigenvalue weighted by Gasteiger charge is -2.27. The fraction of sp³-hybridized carbons (Fsp3) is 0.550. The Morgan fingerprint density at radius 3 is 2.50 bits per heavy atom. The molecule has 0 bridgehead atoms. The first kappa shape index (κ1) is 19.1. The molecule has 2 fully saturated rings. The van der Waals surface area contributed by atoms with E-state index in [-0.39, 0.29) is 18.3 Å². The van der Waals surface area contributed by atoms with Crippen LogP contribution in [0.3, 0.4) is 0 Å². The largest absolute Gasteiger partial charge is 0.388 e. The number of hydrogen-bond acceptors (Lipinski definition) is 9. The Bertz CT molecular complexity index is 954. The summed E-state index contributed by atoms with van der Waals surface area (Å²) in [5, 5.41) is 12.8. The van der Waals surface area contributed by atoms with Crippen LogP contribution in [-0.2, 0) is 21.6 Å². The molecular weight excluding hydrogens is 386 g/mol. The van der Waals surface area contributed by atoms with Crippen molar-refractivity contribution < 1.29 is 14.6 Å².